The summed E-state index contributed by atoms with van der Waals surface area (Å²) in [4.78, 5) is 27.3. The minimum atomic E-state index is -1.29. The topological polar surface area (TPSA) is 102 Å². The van der Waals surface area contributed by atoms with Gasteiger partial charge >= 0.3 is 11.9 Å². The van der Waals surface area contributed by atoms with Gasteiger partial charge in [-0.1, -0.05) is 23.2 Å². The average molecular weight is 373 g/mol. The third kappa shape index (κ3) is 3.98. The van der Waals surface area contributed by atoms with Crippen molar-refractivity contribution < 1.29 is 23.8 Å². The van der Waals surface area contributed by atoms with Gasteiger partial charge in [-0.05, 0) is 26.0 Å². The van der Waals surface area contributed by atoms with E-state index in [4.69, 9.17) is 32.4 Å². The van der Waals surface area contributed by atoms with Crippen LogP contribution >= 0.6 is 23.2 Å². The smallest absolute Gasteiger partial charge is 0.341 e. The van der Waals surface area contributed by atoms with Crippen LogP contribution in [0.25, 0.3) is 0 Å². The largest absolute Gasteiger partial charge is 0.479 e. The van der Waals surface area contributed by atoms with E-state index in [1.165, 1.54) is 18.3 Å². The Morgan fingerprint density at radius 1 is 1.42 bits per heavy atom. The number of aromatic nitrogens is 1. The number of carboxylic acid groups (broad SMARTS) is 1. The summed E-state index contributed by atoms with van der Waals surface area (Å²) < 4.78 is 10.3. The molecule has 2 N–H and O–H groups in total. The Labute approximate surface area is 147 Å². The van der Waals surface area contributed by atoms with E-state index in [0.29, 0.717) is 5.02 Å². The zero-order chi connectivity index (χ0) is 17.9. The fraction of sp³-hybridized carbons (Fsp3) is 0.267. The molecule has 0 aliphatic heterocycles. The fourth-order valence-electron chi connectivity index (χ4n) is 1.97. The first-order valence-corrected chi connectivity index (χ1v) is 7.67. The monoisotopic (exact) mass is 372 g/mol. The van der Waals surface area contributed by atoms with Gasteiger partial charge in [0.15, 0.2) is 6.04 Å². The molecule has 0 aromatic carbocycles. The summed E-state index contributed by atoms with van der Waals surface area (Å²) in [5.41, 5.74) is 0.162. The molecule has 2 aromatic rings. The van der Waals surface area contributed by atoms with Gasteiger partial charge in [0.2, 0.25) is 0 Å². The predicted molar refractivity (Wildman–Crippen MR) is 87.7 cm³/mol. The maximum Gasteiger partial charge on any atom is 0.341 e. The first-order valence-electron chi connectivity index (χ1n) is 6.91. The maximum absolute atomic E-state index is 11.8. The first-order chi connectivity index (χ1) is 11.3. The highest BCUT2D eigenvalue weighted by Gasteiger charge is 2.28. The number of pyridine rings is 1. The standard InChI is InChI=1S/C15H14Cl2N2O5/c1-3-23-15(22)9-5-11(24-7(9)2)12(14(20)21)19-13-10(17)4-8(16)6-18-13/h4-6,12H,3H2,1-2H3,(H,18,19)(H,20,21). The van der Waals surface area contributed by atoms with Crippen molar-refractivity contribution in [3.05, 3.63) is 45.5 Å². The van der Waals surface area contributed by atoms with E-state index < -0.39 is 18.0 Å². The summed E-state index contributed by atoms with van der Waals surface area (Å²) in [6.07, 6.45) is 1.33. The molecule has 128 valence electrons. The molecule has 1 atom stereocenters. The van der Waals surface area contributed by atoms with Gasteiger partial charge in [-0.2, -0.15) is 0 Å². The summed E-state index contributed by atoms with van der Waals surface area (Å²) in [6.45, 7) is 3.41. The number of rotatable bonds is 6. The van der Waals surface area contributed by atoms with Gasteiger partial charge in [0.25, 0.3) is 0 Å². The number of esters is 1. The summed E-state index contributed by atoms with van der Waals surface area (Å²) in [6, 6.07) is 1.45. The molecule has 2 rings (SSSR count). The predicted octanol–water partition coefficient (Wildman–Crippen LogP) is 3.70. The van der Waals surface area contributed by atoms with Gasteiger partial charge in [0.1, 0.15) is 22.9 Å². The zero-order valence-electron chi connectivity index (χ0n) is 12.8. The first kappa shape index (κ1) is 18.1. The molecule has 0 radical (unpaired) electrons. The van der Waals surface area contributed by atoms with Crippen LogP contribution in [-0.4, -0.2) is 28.6 Å². The number of aryl methyl sites for hydroxylation is 1. The van der Waals surface area contributed by atoms with Crippen molar-refractivity contribution in [3.8, 4) is 0 Å². The van der Waals surface area contributed by atoms with Gasteiger partial charge in [-0.25, -0.2) is 14.6 Å². The molecule has 0 aliphatic carbocycles. The lowest BCUT2D eigenvalue weighted by molar-refractivity contribution is -0.138. The molecule has 24 heavy (non-hydrogen) atoms. The summed E-state index contributed by atoms with van der Waals surface area (Å²) in [5, 5.41) is 12.6. The van der Waals surface area contributed by atoms with E-state index in [1.807, 2.05) is 0 Å². The molecule has 0 fully saturated rings. The van der Waals surface area contributed by atoms with Crippen LogP contribution in [0.2, 0.25) is 10.0 Å². The van der Waals surface area contributed by atoms with Crippen LogP contribution < -0.4 is 5.32 Å². The second-order valence-electron chi connectivity index (χ2n) is 4.74. The lowest BCUT2D eigenvalue weighted by Gasteiger charge is -2.13. The van der Waals surface area contributed by atoms with Crippen LogP contribution in [0.5, 0.6) is 0 Å². The number of nitrogens with zero attached hydrogens (tertiary/aromatic N) is 1. The Balaban J connectivity index is 2.33. The number of hydrogen-bond donors (Lipinski definition) is 2. The Bertz CT molecular complexity index is 775. The second kappa shape index (κ2) is 7.55. The number of hydrogen-bond acceptors (Lipinski definition) is 6. The highest BCUT2D eigenvalue weighted by Crippen LogP contribution is 2.29. The number of furan rings is 1. The van der Waals surface area contributed by atoms with Crippen LogP contribution in [0.1, 0.15) is 34.8 Å². The van der Waals surface area contributed by atoms with Gasteiger partial charge in [0, 0.05) is 6.20 Å². The van der Waals surface area contributed by atoms with Gasteiger partial charge in [0.05, 0.1) is 16.7 Å². The number of nitrogens with one attached hydrogen (secondary N) is 1. The molecular formula is C15H14Cl2N2O5. The number of carboxylic acids is 1. The number of aliphatic carboxylic acids is 1. The molecular weight excluding hydrogens is 359 g/mol. The highest BCUT2D eigenvalue weighted by atomic mass is 35.5. The van der Waals surface area contributed by atoms with Crippen molar-refractivity contribution in [2.75, 3.05) is 11.9 Å². The normalized spacial score (nSPS) is 11.8. The molecule has 0 amide bonds. The van der Waals surface area contributed by atoms with E-state index >= 15 is 0 Å². The third-order valence-corrected chi connectivity index (χ3v) is 3.55. The average Bonchev–Trinajstić information content (AvgIpc) is 2.88. The SMILES string of the molecule is CCOC(=O)c1cc(C(Nc2ncc(Cl)cc2Cl)C(=O)O)oc1C. The van der Waals surface area contributed by atoms with Crippen LogP contribution in [0.3, 0.4) is 0 Å². The van der Waals surface area contributed by atoms with Crippen LogP contribution in [0.15, 0.2) is 22.7 Å². The third-order valence-electron chi connectivity index (χ3n) is 3.05. The Kier molecular flexibility index (Phi) is 5.69. The van der Waals surface area contributed by atoms with Gasteiger partial charge in [-0.15, -0.1) is 0 Å². The summed E-state index contributed by atoms with van der Waals surface area (Å²) >= 11 is 11.7. The zero-order valence-corrected chi connectivity index (χ0v) is 14.3. The van der Waals surface area contributed by atoms with Crippen LogP contribution in [-0.2, 0) is 9.53 Å². The number of ether oxygens (including phenoxy) is 1. The van der Waals surface area contributed by atoms with Crippen molar-refractivity contribution in [2.45, 2.75) is 19.9 Å². The lowest BCUT2D eigenvalue weighted by atomic mass is 10.2. The van der Waals surface area contributed by atoms with Crippen molar-refractivity contribution >= 4 is 41.0 Å². The molecule has 2 aromatic heterocycles. The lowest BCUT2D eigenvalue weighted by Crippen LogP contribution is -2.20. The molecule has 7 nitrogen and oxygen atoms in total. The van der Waals surface area contributed by atoms with Crippen molar-refractivity contribution in [2.24, 2.45) is 0 Å². The number of anilines is 1. The number of halogens is 2. The molecule has 1 unspecified atom stereocenters. The second-order valence-corrected chi connectivity index (χ2v) is 5.58. The van der Waals surface area contributed by atoms with Crippen molar-refractivity contribution in [3.63, 3.8) is 0 Å². The van der Waals surface area contributed by atoms with E-state index in [2.05, 4.69) is 10.3 Å². The van der Waals surface area contributed by atoms with Crippen molar-refractivity contribution in [1.29, 1.82) is 0 Å². The van der Waals surface area contributed by atoms with Gasteiger partial charge in [-0.3, -0.25) is 0 Å². The molecule has 9 heteroatoms. The number of carbonyl (C=O) groups excluding carboxylic acids is 1. The fourth-order valence-corrected chi connectivity index (χ4v) is 2.41. The molecule has 0 saturated carbocycles. The maximum atomic E-state index is 11.8. The molecule has 0 spiro atoms. The molecule has 0 aliphatic rings. The molecule has 0 bridgehead atoms. The van der Waals surface area contributed by atoms with E-state index in [-0.39, 0.29) is 34.5 Å². The quantitative estimate of drug-likeness (QED) is 0.745. The van der Waals surface area contributed by atoms with Crippen LogP contribution in [0, 0.1) is 6.92 Å². The van der Waals surface area contributed by atoms with E-state index in [1.54, 1.807) is 13.8 Å². The van der Waals surface area contributed by atoms with E-state index in [9.17, 15) is 14.7 Å². The Hall–Kier alpha value is -2.25. The summed E-state index contributed by atoms with van der Waals surface area (Å²) in [5.74, 6) is -1.41. The van der Waals surface area contributed by atoms with Crippen molar-refractivity contribution in [1.82, 2.24) is 4.98 Å². The molecule has 2 heterocycles. The molecule has 0 saturated heterocycles. The van der Waals surface area contributed by atoms with Gasteiger partial charge < -0.3 is 19.6 Å². The van der Waals surface area contributed by atoms with Crippen LogP contribution in [0.4, 0.5) is 5.82 Å². The van der Waals surface area contributed by atoms with E-state index in [0.717, 1.165) is 0 Å². The minimum Gasteiger partial charge on any atom is -0.479 e. The minimum absolute atomic E-state index is 0.0240. The Morgan fingerprint density at radius 2 is 2.12 bits per heavy atom. The summed E-state index contributed by atoms with van der Waals surface area (Å²) in [7, 11) is 0. The Morgan fingerprint density at radius 3 is 2.71 bits per heavy atom. The number of carbonyl (C=O) groups is 2. The highest BCUT2D eigenvalue weighted by molar-refractivity contribution is 6.36.